The maximum atomic E-state index is 7.05. The molecule has 0 atom stereocenters. The molecule has 2 fully saturated rings. The Bertz CT molecular complexity index is 1290. The number of hydrogen-bond donors (Lipinski definition) is 0. The van der Waals surface area contributed by atoms with E-state index in [0.29, 0.717) is 22.6 Å². The first-order valence-electron chi connectivity index (χ1n) is 16.0. The van der Waals surface area contributed by atoms with E-state index in [1.54, 1.807) is 0 Å². The second kappa shape index (κ2) is 15.6. The van der Waals surface area contributed by atoms with Crippen molar-refractivity contribution >= 4 is 32.6 Å². The van der Waals surface area contributed by atoms with Gasteiger partial charge in [-0.3, -0.25) is 4.42 Å². The normalized spacial score (nSPS) is 18.7. The average molecular weight is 806 g/mol. The fraction of sp³-hybridized carbons (Fsp3) is 0.629. The molecule has 3 aliphatic heterocycles. The van der Waals surface area contributed by atoms with Crippen LogP contribution in [-0.2, 0) is 20.1 Å². The standard InChI is InChI=1S/C35H52N2OP2.ClH.Ir/c1-24(2)39(25(3)4)34-21-28(36-15-11-9-12-16-36)19-32-30(34)23-31-33(38-32)20-29(37-17-13-10-14-18-37)22-35(31)40(26(5)6)27(7)8;;/h19-22,24-27H,9-18H2,1-8H3;1H;/p-1. The molecule has 0 amide bonds. The Kier molecular flexibility index (Phi) is 13.3. The summed E-state index contributed by atoms with van der Waals surface area (Å²) in [5, 5.41) is 4.22. The molecule has 1 aliphatic carbocycles. The van der Waals surface area contributed by atoms with E-state index in [4.69, 9.17) is 4.42 Å². The predicted molar refractivity (Wildman–Crippen MR) is 180 cm³/mol. The number of halogens is 1. The number of allylic oxidation sites excluding steroid dienone is 1. The minimum absolute atomic E-state index is 0. The van der Waals surface area contributed by atoms with E-state index in [0.717, 1.165) is 37.7 Å². The van der Waals surface area contributed by atoms with Crippen molar-refractivity contribution in [1.82, 2.24) is 4.90 Å². The maximum absolute atomic E-state index is 7.05. The van der Waals surface area contributed by atoms with Gasteiger partial charge in [0, 0.05) is 63.6 Å². The zero-order chi connectivity index (χ0) is 28.6. The van der Waals surface area contributed by atoms with Crippen molar-refractivity contribution in [1.29, 1.82) is 0 Å². The summed E-state index contributed by atoms with van der Waals surface area (Å²) in [4.78, 5) is 5.21. The zero-order valence-electron chi connectivity index (χ0n) is 27.1. The fourth-order valence-corrected chi connectivity index (χ4v) is 13.2. The molecule has 2 saturated heterocycles. The quantitative estimate of drug-likeness (QED) is 0.217. The van der Waals surface area contributed by atoms with Gasteiger partial charge in [-0.05, 0) is 84.3 Å². The average Bonchev–Trinajstić information content (AvgIpc) is 2.92. The number of anilines is 1. The van der Waals surface area contributed by atoms with E-state index in [-0.39, 0.29) is 48.4 Å². The molecule has 0 saturated carbocycles. The van der Waals surface area contributed by atoms with Gasteiger partial charge in [0.15, 0.2) is 0 Å². The van der Waals surface area contributed by atoms with Crippen molar-refractivity contribution in [3.05, 3.63) is 62.0 Å². The molecule has 1 aromatic rings. The summed E-state index contributed by atoms with van der Waals surface area (Å²) < 4.78 is 7.05. The number of hydrogen-bond acceptors (Lipinski definition) is 2. The molecule has 3 heterocycles. The predicted octanol–water partition coefficient (Wildman–Crippen LogP) is 4.63. The van der Waals surface area contributed by atoms with Crippen LogP contribution in [0, 0.1) is 6.10 Å². The first-order chi connectivity index (χ1) is 19.2. The monoisotopic (exact) mass is 806 g/mol. The second-order valence-electron chi connectivity index (χ2n) is 13.2. The third-order valence-corrected chi connectivity index (χ3v) is 15.1. The van der Waals surface area contributed by atoms with E-state index in [1.165, 1.54) is 71.3 Å². The van der Waals surface area contributed by atoms with Crippen LogP contribution >= 0.6 is 15.8 Å². The van der Waals surface area contributed by atoms with Crippen molar-refractivity contribution in [2.24, 2.45) is 0 Å². The van der Waals surface area contributed by atoms with Crippen LogP contribution in [-0.4, -0.2) is 53.7 Å². The van der Waals surface area contributed by atoms with Crippen LogP contribution < -0.4 is 33.3 Å². The van der Waals surface area contributed by atoms with Gasteiger partial charge in [0.2, 0.25) is 0 Å². The van der Waals surface area contributed by atoms with Crippen LogP contribution in [0.4, 0.5) is 5.69 Å². The fourth-order valence-electron chi connectivity index (χ4n) is 7.21. The Morgan fingerprint density at radius 1 is 0.738 bits per heavy atom. The topological polar surface area (TPSA) is 17.8 Å². The molecule has 1 aromatic carbocycles. The first kappa shape index (κ1) is 35.9. The van der Waals surface area contributed by atoms with Crippen LogP contribution in [0.2, 0.25) is 0 Å². The van der Waals surface area contributed by atoms with Crippen LogP contribution in [0.3, 0.4) is 0 Å². The van der Waals surface area contributed by atoms with E-state index < -0.39 is 0 Å². The largest absolute Gasteiger partial charge is 1.00 e. The summed E-state index contributed by atoms with van der Waals surface area (Å²) in [7, 11) is -0.707. The molecule has 0 N–H and O–H groups in total. The van der Waals surface area contributed by atoms with Gasteiger partial charge in [0.05, 0.1) is 5.22 Å². The summed E-state index contributed by atoms with van der Waals surface area (Å²) in [6, 6.07) is 4.88. The SMILES string of the molecule is CC(C)P(C1=CC(N2CCCCC2)=C[C-]2[O+]=c3cc(N4CCCCC4)cc(P(C(C)C)C(C)C)c3=C=C12)C(C)C.[Cl-].[Ir]. The van der Waals surface area contributed by atoms with Gasteiger partial charge in [-0.15, -0.1) is 7.92 Å². The Morgan fingerprint density at radius 3 is 1.79 bits per heavy atom. The van der Waals surface area contributed by atoms with Crippen molar-refractivity contribution in [2.45, 2.75) is 117 Å². The molecule has 7 heteroatoms. The number of fused-ring (bicyclic) bond motifs is 2. The molecule has 235 valence electrons. The smallest absolute Gasteiger partial charge is 0.303 e. The minimum Gasteiger partial charge on any atom is -1.00 e. The summed E-state index contributed by atoms with van der Waals surface area (Å²) >= 11 is 0. The Morgan fingerprint density at radius 2 is 1.26 bits per heavy atom. The van der Waals surface area contributed by atoms with Crippen LogP contribution in [0.1, 0.15) is 93.9 Å². The van der Waals surface area contributed by atoms with Crippen LogP contribution in [0.15, 0.2) is 45.3 Å². The minimum atomic E-state index is -0.353. The van der Waals surface area contributed by atoms with Crippen LogP contribution in [0.25, 0.3) is 5.73 Å². The van der Waals surface area contributed by atoms with Gasteiger partial charge in [0.1, 0.15) is 0 Å². The Hall–Kier alpha value is -0.581. The van der Waals surface area contributed by atoms with Crippen molar-refractivity contribution in [3.8, 4) is 0 Å². The third-order valence-electron chi connectivity index (χ3n) is 8.83. The number of nitrogens with zero attached hydrogens (tertiary/aromatic N) is 2. The Labute approximate surface area is 278 Å². The molecule has 3 nitrogen and oxygen atoms in total. The summed E-state index contributed by atoms with van der Waals surface area (Å²) in [6.45, 7) is 23.9. The number of rotatable bonds is 8. The van der Waals surface area contributed by atoms with Gasteiger partial charge >= 0.3 is 5.43 Å². The number of likely N-dealkylation sites (tertiary alicyclic amines) is 1. The Balaban J connectivity index is 0.00000242. The molecule has 0 spiro atoms. The summed E-state index contributed by atoms with van der Waals surface area (Å²) in [6.07, 6.45) is 13.7. The third kappa shape index (κ3) is 7.61. The van der Waals surface area contributed by atoms with Gasteiger partial charge in [-0.1, -0.05) is 74.7 Å². The van der Waals surface area contributed by atoms with Crippen molar-refractivity contribution in [2.75, 3.05) is 31.1 Å². The van der Waals surface area contributed by atoms with E-state index in [9.17, 15) is 0 Å². The summed E-state index contributed by atoms with van der Waals surface area (Å²) in [5.74, 6) is 0. The second-order valence-corrected chi connectivity index (χ2v) is 19.9. The molecular formula is C35H52ClIrN2OP2-. The van der Waals surface area contributed by atoms with Gasteiger partial charge < -0.3 is 22.2 Å². The maximum Gasteiger partial charge on any atom is 0.303 e. The van der Waals surface area contributed by atoms with Crippen molar-refractivity contribution < 1.29 is 32.5 Å². The van der Waals surface area contributed by atoms with E-state index in [2.05, 4.69) is 95.2 Å². The van der Waals surface area contributed by atoms with Gasteiger partial charge in [0.25, 0.3) is 6.10 Å². The summed E-state index contributed by atoms with van der Waals surface area (Å²) in [5.41, 5.74) is 11.5. The molecule has 0 bridgehead atoms. The molecular weight excluding hydrogens is 754 g/mol. The van der Waals surface area contributed by atoms with E-state index >= 15 is 0 Å². The molecule has 4 aliphatic rings. The number of benzene rings is 1. The van der Waals surface area contributed by atoms with Crippen molar-refractivity contribution in [3.63, 3.8) is 0 Å². The van der Waals surface area contributed by atoms with Gasteiger partial charge in [-0.25, -0.2) is 0 Å². The molecule has 1 radical (unpaired) electrons. The van der Waals surface area contributed by atoms with Gasteiger partial charge in [-0.2, -0.15) is 5.73 Å². The van der Waals surface area contributed by atoms with Crippen LogP contribution in [0.5, 0.6) is 0 Å². The zero-order valence-corrected chi connectivity index (χ0v) is 32.0. The number of piperidine rings is 2. The molecule has 5 rings (SSSR count). The van der Waals surface area contributed by atoms with E-state index in [1.807, 2.05) is 0 Å². The molecule has 0 aromatic heterocycles. The molecule has 42 heavy (non-hydrogen) atoms. The molecule has 0 unspecified atom stereocenters. The first-order valence-corrected chi connectivity index (χ1v) is 19.0.